The van der Waals surface area contributed by atoms with E-state index in [1.165, 1.54) is 31.3 Å². The molecule has 7 atom stereocenters. The van der Waals surface area contributed by atoms with E-state index in [-0.39, 0.29) is 11.5 Å². The molecule has 0 radical (unpaired) electrons. The third-order valence-electron chi connectivity index (χ3n) is 8.30. The van der Waals surface area contributed by atoms with Crippen molar-refractivity contribution in [3.63, 3.8) is 0 Å². The molecule has 0 aromatic heterocycles. The zero-order valence-corrected chi connectivity index (χ0v) is 15.1. The van der Waals surface area contributed by atoms with Crippen molar-refractivity contribution in [3.8, 4) is 0 Å². The molecule has 3 aliphatic rings. The molecule has 0 aliphatic heterocycles. The van der Waals surface area contributed by atoms with Crippen molar-refractivity contribution in [1.82, 2.24) is 0 Å². The highest BCUT2D eigenvalue weighted by Crippen LogP contribution is 2.63. The molecule has 3 aliphatic carbocycles. The highest BCUT2D eigenvalue weighted by atomic mass is 16.3. The number of hydrogen-bond acceptors (Lipinski definition) is 3. The summed E-state index contributed by atoms with van der Waals surface area (Å²) in [6.07, 6.45) is 7.68. The molecular formula is C20H36N2O. The number of hydrogen-bond donors (Lipinski definition) is 3. The smallest absolute Gasteiger partial charge is 0.0543 e. The molecule has 0 aromatic rings. The first-order valence-electron chi connectivity index (χ1n) is 9.63. The number of nitrogens with two attached hydrogens (primary N) is 2. The lowest BCUT2D eigenvalue weighted by Gasteiger charge is -2.56. The van der Waals surface area contributed by atoms with E-state index in [9.17, 15) is 5.11 Å². The molecule has 3 rings (SSSR count). The van der Waals surface area contributed by atoms with Crippen LogP contribution in [0.15, 0.2) is 12.2 Å². The topological polar surface area (TPSA) is 72.3 Å². The third-order valence-corrected chi connectivity index (χ3v) is 8.30. The summed E-state index contributed by atoms with van der Waals surface area (Å²) in [5.74, 6) is 2.36. The highest BCUT2D eigenvalue weighted by molar-refractivity contribution is 5.20. The Morgan fingerprint density at radius 3 is 2.48 bits per heavy atom. The van der Waals surface area contributed by atoms with Gasteiger partial charge in [-0.2, -0.15) is 0 Å². The summed E-state index contributed by atoms with van der Waals surface area (Å²) in [6.45, 7) is 10.7. The minimum atomic E-state index is -0.159. The van der Waals surface area contributed by atoms with E-state index in [4.69, 9.17) is 11.5 Å². The van der Waals surface area contributed by atoms with E-state index >= 15 is 0 Å². The van der Waals surface area contributed by atoms with Gasteiger partial charge in [0.05, 0.1) is 6.10 Å². The Bertz CT molecular complexity index is 465. The molecule has 3 nitrogen and oxygen atoms in total. The lowest BCUT2D eigenvalue weighted by atomic mass is 9.49. The Morgan fingerprint density at radius 1 is 1.09 bits per heavy atom. The summed E-state index contributed by atoms with van der Waals surface area (Å²) in [6, 6.07) is 0. The van der Waals surface area contributed by atoms with Gasteiger partial charge in [0.2, 0.25) is 0 Å². The average molecular weight is 321 g/mol. The molecule has 132 valence electrons. The van der Waals surface area contributed by atoms with Gasteiger partial charge in [-0.05, 0) is 92.5 Å². The second-order valence-corrected chi connectivity index (χ2v) is 9.08. The van der Waals surface area contributed by atoms with Crippen LogP contribution in [0.5, 0.6) is 0 Å². The van der Waals surface area contributed by atoms with Gasteiger partial charge in [-0.3, -0.25) is 0 Å². The molecule has 3 saturated carbocycles. The van der Waals surface area contributed by atoms with Crippen molar-refractivity contribution in [1.29, 1.82) is 0 Å². The number of aliphatic hydroxyl groups is 1. The van der Waals surface area contributed by atoms with Crippen LogP contribution in [-0.4, -0.2) is 24.3 Å². The standard InChI is InChI=1S/C20H36N2O/c1-13-4-5-17-16(12-22)18(7-9-19(13,17)2)20(3)8-6-15(23)10-14(20)11-21/h14-18,23H,1,4-12,21-22H2,2-3H3. The van der Waals surface area contributed by atoms with Crippen molar-refractivity contribution >= 4 is 0 Å². The van der Waals surface area contributed by atoms with Crippen LogP contribution >= 0.6 is 0 Å². The number of aliphatic hydroxyl groups excluding tert-OH is 1. The molecule has 0 heterocycles. The molecule has 3 fully saturated rings. The van der Waals surface area contributed by atoms with Crippen molar-refractivity contribution in [2.75, 3.05) is 13.1 Å². The molecular weight excluding hydrogens is 284 g/mol. The van der Waals surface area contributed by atoms with Crippen LogP contribution in [0.25, 0.3) is 0 Å². The molecule has 0 aromatic carbocycles. The summed E-state index contributed by atoms with van der Waals surface area (Å²) >= 11 is 0. The normalized spacial score (nSPS) is 50.8. The van der Waals surface area contributed by atoms with Crippen LogP contribution in [0.2, 0.25) is 0 Å². The van der Waals surface area contributed by atoms with Crippen molar-refractivity contribution in [2.45, 2.75) is 64.9 Å². The SMILES string of the molecule is C=C1CCC2C(CN)C(C3(C)CCC(O)CC3CN)CCC12C. The van der Waals surface area contributed by atoms with Gasteiger partial charge >= 0.3 is 0 Å². The monoisotopic (exact) mass is 320 g/mol. The zero-order chi connectivity index (χ0) is 16.8. The quantitative estimate of drug-likeness (QED) is 0.700. The first kappa shape index (κ1) is 17.4. The Labute approximate surface area is 141 Å². The summed E-state index contributed by atoms with van der Waals surface area (Å²) in [7, 11) is 0. The largest absolute Gasteiger partial charge is 0.393 e. The van der Waals surface area contributed by atoms with Crippen LogP contribution in [0.4, 0.5) is 0 Å². The Morgan fingerprint density at radius 2 is 1.83 bits per heavy atom. The van der Waals surface area contributed by atoms with Gasteiger partial charge in [-0.1, -0.05) is 26.0 Å². The summed E-state index contributed by atoms with van der Waals surface area (Å²) in [5, 5.41) is 10.1. The van der Waals surface area contributed by atoms with Gasteiger partial charge in [0.1, 0.15) is 0 Å². The minimum absolute atomic E-state index is 0.159. The zero-order valence-electron chi connectivity index (χ0n) is 15.1. The molecule has 0 bridgehead atoms. The number of rotatable bonds is 3. The Kier molecular flexibility index (Phi) is 4.67. The van der Waals surface area contributed by atoms with Crippen molar-refractivity contribution < 1.29 is 5.11 Å². The van der Waals surface area contributed by atoms with E-state index in [2.05, 4.69) is 20.4 Å². The Hall–Kier alpha value is -0.380. The number of fused-ring (bicyclic) bond motifs is 1. The van der Waals surface area contributed by atoms with Crippen LogP contribution in [0, 0.1) is 34.5 Å². The van der Waals surface area contributed by atoms with Gasteiger partial charge in [0.25, 0.3) is 0 Å². The van der Waals surface area contributed by atoms with Gasteiger partial charge in [0, 0.05) is 0 Å². The first-order valence-corrected chi connectivity index (χ1v) is 9.63. The molecule has 0 saturated heterocycles. The maximum Gasteiger partial charge on any atom is 0.0543 e. The van der Waals surface area contributed by atoms with E-state index in [1.54, 1.807) is 0 Å². The average Bonchev–Trinajstić information content (AvgIpc) is 2.84. The van der Waals surface area contributed by atoms with Gasteiger partial charge in [-0.15, -0.1) is 0 Å². The van der Waals surface area contributed by atoms with E-state index in [0.717, 1.165) is 25.8 Å². The van der Waals surface area contributed by atoms with E-state index in [0.29, 0.717) is 35.6 Å². The summed E-state index contributed by atoms with van der Waals surface area (Å²) < 4.78 is 0. The maximum absolute atomic E-state index is 10.1. The molecule has 0 spiro atoms. The second kappa shape index (κ2) is 6.16. The predicted octanol–water partition coefficient (Wildman–Crippen LogP) is 3.07. The van der Waals surface area contributed by atoms with Crippen molar-refractivity contribution in [3.05, 3.63) is 12.2 Å². The van der Waals surface area contributed by atoms with Crippen molar-refractivity contribution in [2.24, 2.45) is 46.0 Å². The fraction of sp³-hybridized carbons (Fsp3) is 0.900. The number of allylic oxidation sites excluding steroid dienone is 1. The predicted molar refractivity (Wildman–Crippen MR) is 95.7 cm³/mol. The van der Waals surface area contributed by atoms with Crippen LogP contribution < -0.4 is 11.5 Å². The fourth-order valence-electron chi connectivity index (χ4n) is 6.59. The lowest BCUT2D eigenvalue weighted by molar-refractivity contribution is -0.0760. The van der Waals surface area contributed by atoms with Gasteiger partial charge < -0.3 is 16.6 Å². The third kappa shape index (κ3) is 2.60. The first-order chi connectivity index (χ1) is 10.9. The fourth-order valence-corrected chi connectivity index (χ4v) is 6.59. The van der Waals surface area contributed by atoms with Gasteiger partial charge in [-0.25, -0.2) is 0 Å². The molecule has 7 unspecified atom stereocenters. The molecule has 23 heavy (non-hydrogen) atoms. The molecule has 3 heteroatoms. The van der Waals surface area contributed by atoms with E-state index < -0.39 is 0 Å². The highest BCUT2D eigenvalue weighted by Gasteiger charge is 2.56. The van der Waals surface area contributed by atoms with Gasteiger partial charge in [0.15, 0.2) is 0 Å². The van der Waals surface area contributed by atoms with Crippen LogP contribution in [0.3, 0.4) is 0 Å². The summed E-state index contributed by atoms with van der Waals surface area (Å²) in [4.78, 5) is 0. The maximum atomic E-state index is 10.1. The van der Waals surface area contributed by atoms with E-state index in [1.807, 2.05) is 0 Å². The van der Waals surface area contributed by atoms with Crippen LogP contribution in [-0.2, 0) is 0 Å². The minimum Gasteiger partial charge on any atom is -0.393 e. The molecule has 0 amide bonds. The van der Waals surface area contributed by atoms with Crippen LogP contribution in [0.1, 0.15) is 58.8 Å². The second-order valence-electron chi connectivity index (χ2n) is 9.08. The Balaban J connectivity index is 1.89. The molecule has 5 N–H and O–H groups in total. The lowest BCUT2D eigenvalue weighted by Crippen LogP contribution is -2.53. The summed E-state index contributed by atoms with van der Waals surface area (Å²) in [5.41, 5.74) is 14.5.